The number of hydrogen-bond acceptors (Lipinski definition) is 4. The molecular weight excluding hydrogens is 310 g/mol. The number of para-hydroxylation sites is 1. The van der Waals surface area contributed by atoms with Crippen LogP contribution in [0.1, 0.15) is 39.5 Å². The Balaban J connectivity index is 1.63. The first-order valence-electron chi connectivity index (χ1n) is 8.47. The lowest BCUT2D eigenvalue weighted by Crippen LogP contribution is -2.21. The van der Waals surface area contributed by atoms with Crippen LogP contribution in [0.15, 0.2) is 60.8 Å². The van der Waals surface area contributed by atoms with E-state index in [-0.39, 0.29) is 11.7 Å². The summed E-state index contributed by atoms with van der Waals surface area (Å²) in [5.74, 6) is 0.834. The summed E-state index contributed by atoms with van der Waals surface area (Å²) in [6, 6.07) is 18.2. The summed E-state index contributed by atoms with van der Waals surface area (Å²) in [6.45, 7) is 2.08. The number of carbonyl (C=O) groups is 1. The van der Waals surface area contributed by atoms with Gasteiger partial charge in [-0.1, -0.05) is 48.0 Å². The van der Waals surface area contributed by atoms with E-state index < -0.39 is 0 Å². The lowest BCUT2D eigenvalue weighted by atomic mass is 9.82. The highest BCUT2D eigenvalue weighted by molar-refractivity contribution is 5.98. The molecule has 0 saturated carbocycles. The molecule has 0 radical (unpaired) electrons. The molecule has 1 atom stereocenters. The summed E-state index contributed by atoms with van der Waals surface area (Å²) in [5.41, 5.74) is 4.83. The molecule has 0 spiro atoms. The fourth-order valence-electron chi connectivity index (χ4n) is 3.32. The molecule has 1 aromatic heterocycles. The van der Waals surface area contributed by atoms with Crippen LogP contribution < -0.4 is 5.32 Å². The van der Waals surface area contributed by atoms with Crippen LogP contribution in [-0.2, 0) is 6.42 Å². The molecule has 0 aliphatic heterocycles. The molecule has 124 valence electrons. The van der Waals surface area contributed by atoms with Crippen LogP contribution in [0, 0.1) is 6.92 Å². The number of nitrogens with zero attached hydrogens (tertiary/aromatic N) is 2. The zero-order valence-corrected chi connectivity index (χ0v) is 14.1. The minimum Gasteiger partial charge on any atom is -0.324 e. The van der Waals surface area contributed by atoms with Crippen molar-refractivity contribution in [1.82, 2.24) is 9.97 Å². The van der Waals surface area contributed by atoms with Gasteiger partial charge >= 0.3 is 0 Å². The molecule has 0 unspecified atom stereocenters. The Labute approximate surface area is 147 Å². The van der Waals surface area contributed by atoms with Crippen molar-refractivity contribution in [1.29, 1.82) is 0 Å². The summed E-state index contributed by atoms with van der Waals surface area (Å²) in [4.78, 5) is 21.4. The SMILES string of the molecule is Cc1cccc([C@H]2CC(=O)c3cnc(Nc4ccccc4)nc3C2)c1. The Morgan fingerprint density at radius 2 is 1.88 bits per heavy atom. The second-order valence-electron chi connectivity index (χ2n) is 6.49. The smallest absolute Gasteiger partial charge is 0.227 e. The van der Waals surface area contributed by atoms with Gasteiger partial charge < -0.3 is 5.32 Å². The number of aryl methyl sites for hydroxylation is 1. The van der Waals surface area contributed by atoms with Gasteiger partial charge in [-0.05, 0) is 37.0 Å². The zero-order chi connectivity index (χ0) is 17.2. The van der Waals surface area contributed by atoms with Crippen molar-refractivity contribution in [2.45, 2.75) is 25.7 Å². The van der Waals surface area contributed by atoms with Gasteiger partial charge in [-0.15, -0.1) is 0 Å². The largest absolute Gasteiger partial charge is 0.324 e. The van der Waals surface area contributed by atoms with E-state index in [4.69, 9.17) is 0 Å². The van der Waals surface area contributed by atoms with Crippen molar-refractivity contribution >= 4 is 17.4 Å². The quantitative estimate of drug-likeness (QED) is 0.772. The van der Waals surface area contributed by atoms with E-state index in [0.717, 1.165) is 17.8 Å². The van der Waals surface area contributed by atoms with Gasteiger partial charge in [-0.25, -0.2) is 9.97 Å². The number of hydrogen-bond donors (Lipinski definition) is 1. The normalized spacial score (nSPS) is 16.4. The van der Waals surface area contributed by atoms with Gasteiger partial charge in [0.05, 0.1) is 11.3 Å². The lowest BCUT2D eigenvalue weighted by molar-refractivity contribution is 0.0962. The Kier molecular flexibility index (Phi) is 4.02. The Morgan fingerprint density at radius 1 is 1.04 bits per heavy atom. The maximum atomic E-state index is 12.5. The first-order chi connectivity index (χ1) is 12.2. The number of carbonyl (C=O) groups excluding carboxylic acids is 1. The topological polar surface area (TPSA) is 54.9 Å². The molecule has 4 heteroatoms. The second kappa shape index (κ2) is 6.48. The van der Waals surface area contributed by atoms with Crippen molar-refractivity contribution < 1.29 is 4.79 Å². The highest BCUT2D eigenvalue weighted by atomic mass is 16.1. The molecule has 0 bridgehead atoms. The van der Waals surface area contributed by atoms with E-state index >= 15 is 0 Å². The van der Waals surface area contributed by atoms with E-state index in [2.05, 4.69) is 40.4 Å². The number of fused-ring (bicyclic) bond motifs is 1. The third-order valence-corrected chi connectivity index (χ3v) is 4.58. The molecule has 1 aliphatic carbocycles. The van der Waals surface area contributed by atoms with Crippen LogP contribution in [-0.4, -0.2) is 15.8 Å². The van der Waals surface area contributed by atoms with Crippen molar-refractivity contribution in [2.24, 2.45) is 0 Å². The minimum absolute atomic E-state index is 0.124. The first-order valence-corrected chi connectivity index (χ1v) is 8.47. The highest BCUT2D eigenvalue weighted by Gasteiger charge is 2.28. The Morgan fingerprint density at radius 3 is 2.68 bits per heavy atom. The van der Waals surface area contributed by atoms with Gasteiger partial charge in [0.1, 0.15) is 0 Å². The third kappa shape index (κ3) is 3.29. The van der Waals surface area contributed by atoms with Crippen LogP contribution in [0.5, 0.6) is 0 Å². The van der Waals surface area contributed by atoms with Gasteiger partial charge in [0.15, 0.2) is 5.78 Å². The standard InChI is InChI=1S/C21H19N3O/c1-14-6-5-7-15(10-14)16-11-19-18(20(25)12-16)13-22-21(24-19)23-17-8-3-2-4-9-17/h2-10,13,16H,11-12H2,1H3,(H,22,23,24)/t16-/m1/s1. The van der Waals surface area contributed by atoms with Crippen molar-refractivity contribution in [3.63, 3.8) is 0 Å². The van der Waals surface area contributed by atoms with E-state index in [1.807, 2.05) is 36.4 Å². The van der Waals surface area contributed by atoms with Crippen LogP contribution in [0.2, 0.25) is 0 Å². The Hall–Kier alpha value is -3.01. The van der Waals surface area contributed by atoms with E-state index in [1.54, 1.807) is 6.20 Å². The fraction of sp³-hybridized carbons (Fsp3) is 0.190. The average molecular weight is 329 g/mol. The van der Waals surface area contributed by atoms with Crippen LogP contribution in [0.25, 0.3) is 0 Å². The lowest BCUT2D eigenvalue weighted by Gasteiger charge is -2.23. The van der Waals surface area contributed by atoms with E-state index in [9.17, 15) is 4.79 Å². The van der Waals surface area contributed by atoms with Crippen molar-refractivity contribution in [2.75, 3.05) is 5.32 Å². The monoisotopic (exact) mass is 329 g/mol. The zero-order valence-electron chi connectivity index (χ0n) is 14.1. The third-order valence-electron chi connectivity index (χ3n) is 4.58. The fourth-order valence-corrected chi connectivity index (χ4v) is 3.32. The molecular formula is C21H19N3O. The van der Waals surface area contributed by atoms with E-state index in [0.29, 0.717) is 17.9 Å². The molecule has 3 aromatic rings. The summed E-state index contributed by atoms with van der Waals surface area (Å²) in [7, 11) is 0. The maximum Gasteiger partial charge on any atom is 0.227 e. The summed E-state index contributed by atoms with van der Waals surface area (Å²) in [6.07, 6.45) is 2.93. The first kappa shape index (κ1) is 15.5. The van der Waals surface area contributed by atoms with Crippen molar-refractivity contribution in [3.8, 4) is 0 Å². The van der Waals surface area contributed by atoms with Gasteiger partial charge in [-0.3, -0.25) is 4.79 Å². The number of Topliss-reactive ketones (excluding diaryl/α,β-unsaturated/α-hetero) is 1. The van der Waals surface area contributed by atoms with Gasteiger partial charge in [0, 0.05) is 18.3 Å². The summed E-state index contributed by atoms with van der Waals surface area (Å²) >= 11 is 0. The Bertz CT molecular complexity index is 921. The van der Waals surface area contributed by atoms with Crippen LogP contribution >= 0.6 is 0 Å². The number of nitrogens with one attached hydrogen (secondary N) is 1. The molecule has 4 nitrogen and oxygen atoms in total. The second-order valence-corrected chi connectivity index (χ2v) is 6.49. The summed E-state index contributed by atoms with van der Waals surface area (Å²) in [5, 5.41) is 3.20. The average Bonchev–Trinajstić information content (AvgIpc) is 2.62. The molecule has 25 heavy (non-hydrogen) atoms. The molecule has 1 heterocycles. The molecule has 0 amide bonds. The molecule has 0 fully saturated rings. The molecule has 0 saturated heterocycles. The predicted molar refractivity (Wildman–Crippen MR) is 98.3 cm³/mol. The molecule has 4 rings (SSSR count). The van der Waals surface area contributed by atoms with Crippen LogP contribution in [0.4, 0.5) is 11.6 Å². The van der Waals surface area contributed by atoms with E-state index in [1.165, 1.54) is 11.1 Å². The van der Waals surface area contributed by atoms with Gasteiger partial charge in [0.25, 0.3) is 0 Å². The number of ketones is 1. The van der Waals surface area contributed by atoms with Crippen molar-refractivity contribution in [3.05, 3.63) is 83.2 Å². The number of aromatic nitrogens is 2. The predicted octanol–water partition coefficient (Wildman–Crippen LogP) is 4.44. The van der Waals surface area contributed by atoms with Crippen LogP contribution in [0.3, 0.4) is 0 Å². The molecule has 2 aromatic carbocycles. The molecule has 1 N–H and O–H groups in total. The highest BCUT2D eigenvalue weighted by Crippen LogP contribution is 2.32. The number of anilines is 2. The number of rotatable bonds is 3. The van der Waals surface area contributed by atoms with Gasteiger partial charge in [0.2, 0.25) is 5.95 Å². The van der Waals surface area contributed by atoms with Gasteiger partial charge in [-0.2, -0.15) is 0 Å². The minimum atomic E-state index is 0.124. The maximum absolute atomic E-state index is 12.5. The molecule has 1 aliphatic rings. The number of benzene rings is 2. The summed E-state index contributed by atoms with van der Waals surface area (Å²) < 4.78 is 0.